The van der Waals surface area contributed by atoms with Crippen molar-refractivity contribution in [3.63, 3.8) is 0 Å². The minimum absolute atomic E-state index is 0.137. The number of sulfone groups is 1. The standard InChI is InChI=1S/C18H20N2O6S2/c1-10-15(17(21)19-12-5-6-28(22,23)9-12)20-18(27-10)11-7-13(24-2)16(26-4)14(8-11)25-3/h5-8,12H,9H2,1-4H3,(H,19,21)/t12-/m0/s1. The van der Waals surface area contributed by atoms with Crippen molar-refractivity contribution >= 4 is 27.1 Å². The highest BCUT2D eigenvalue weighted by Gasteiger charge is 2.26. The van der Waals surface area contributed by atoms with Crippen LogP contribution in [0.15, 0.2) is 23.6 Å². The molecule has 10 heteroatoms. The van der Waals surface area contributed by atoms with Crippen molar-refractivity contribution in [2.24, 2.45) is 0 Å². The van der Waals surface area contributed by atoms with Crippen LogP contribution in [0.1, 0.15) is 15.4 Å². The van der Waals surface area contributed by atoms with E-state index in [1.54, 1.807) is 19.1 Å². The summed E-state index contributed by atoms with van der Waals surface area (Å²) in [6, 6.07) is 2.96. The Labute approximate surface area is 167 Å². The topological polar surface area (TPSA) is 104 Å². The number of ether oxygens (including phenoxy) is 3. The number of nitrogens with one attached hydrogen (secondary N) is 1. The number of aromatic nitrogens is 1. The van der Waals surface area contributed by atoms with E-state index in [0.717, 1.165) is 5.41 Å². The van der Waals surface area contributed by atoms with E-state index in [9.17, 15) is 13.2 Å². The molecule has 0 radical (unpaired) electrons. The molecule has 1 N–H and O–H groups in total. The van der Waals surface area contributed by atoms with Crippen LogP contribution in [0.3, 0.4) is 0 Å². The Morgan fingerprint density at radius 2 is 1.82 bits per heavy atom. The first kappa shape index (κ1) is 20.2. The smallest absolute Gasteiger partial charge is 0.271 e. The average molecular weight is 425 g/mol. The predicted octanol–water partition coefficient (Wildman–Crippen LogP) is 2.18. The number of carbonyl (C=O) groups excluding carboxylic acids is 1. The maximum absolute atomic E-state index is 12.6. The Balaban J connectivity index is 1.90. The Bertz CT molecular complexity index is 1020. The summed E-state index contributed by atoms with van der Waals surface area (Å²) in [7, 11) is 1.32. The van der Waals surface area contributed by atoms with E-state index in [0.29, 0.717) is 32.7 Å². The number of benzene rings is 1. The number of methoxy groups -OCH3 is 3. The molecule has 0 unspecified atom stereocenters. The fraction of sp³-hybridized carbons (Fsp3) is 0.333. The minimum Gasteiger partial charge on any atom is -0.493 e. The molecule has 3 rings (SSSR count). The number of amides is 1. The summed E-state index contributed by atoms with van der Waals surface area (Å²) in [5.41, 5.74) is 0.969. The maximum Gasteiger partial charge on any atom is 0.271 e. The third-order valence-electron chi connectivity index (χ3n) is 4.17. The molecule has 28 heavy (non-hydrogen) atoms. The third-order valence-corrected chi connectivity index (χ3v) is 6.59. The Hall–Kier alpha value is -2.59. The highest BCUT2D eigenvalue weighted by Crippen LogP contribution is 2.42. The molecule has 8 nitrogen and oxygen atoms in total. The SMILES string of the molecule is COc1cc(-c2nc(C(=O)N[C@H]3C=CS(=O)(=O)C3)c(C)s2)cc(OC)c1OC. The summed E-state index contributed by atoms with van der Waals surface area (Å²) in [6.07, 6.45) is 1.47. The lowest BCUT2D eigenvalue weighted by Gasteiger charge is -2.13. The number of rotatable bonds is 6. The molecule has 0 bridgehead atoms. The molecular weight excluding hydrogens is 404 g/mol. The number of hydrogen-bond donors (Lipinski definition) is 1. The minimum atomic E-state index is -3.25. The van der Waals surface area contributed by atoms with Crippen LogP contribution in [-0.4, -0.2) is 52.4 Å². The second kappa shape index (κ2) is 7.80. The second-order valence-corrected chi connectivity index (χ2v) is 9.21. The van der Waals surface area contributed by atoms with Crippen molar-refractivity contribution in [1.29, 1.82) is 0 Å². The van der Waals surface area contributed by atoms with Crippen molar-refractivity contribution in [1.82, 2.24) is 10.3 Å². The van der Waals surface area contributed by atoms with Crippen LogP contribution >= 0.6 is 11.3 Å². The van der Waals surface area contributed by atoms with Crippen LogP contribution in [-0.2, 0) is 9.84 Å². The van der Waals surface area contributed by atoms with Crippen molar-refractivity contribution in [2.75, 3.05) is 27.1 Å². The molecule has 1 aromatic carbocycles. The van der Waals surface area contributed by atoms with Crippen LogP contribution < -0.4 is 19.5 Å². The number of aryl methyl sites for hydroxylation is 1. The Kier molecular flexibility index (Phi) is 5.61. The van der Waals surface area contributed by atoms with Crippen LogP contribution in [0.4, 0.5) is 0 Å². The summed E-state index contributed by atoms with van der Waals surface area (Å²) in [5.74, 6) is 0.879. The molecule has 2 heterocycles. The second-order valence-electron chi connectivity index (χ2n) is 6.08. The maximum atomic E-state index is 12.6. The summed E-state index contributed by atoms with van der Waals surface area (Å²) in [4.78, 5) is 17.7. The molecular formula is C18H20N2O6S2. The fourth-order valence-corrected chi connectivity index (χ4v) is 4.97. The fourth-order valence-electron chi connectivity index (χ4n) is 2.84. The van der Waals surface area contributed by atoms with E-state index in [1.165, 1.54) is 38.7 Å². The summed E-state index contributed by atoms with van der Waals surface area (Å²) < 4.78 is 39.0. The summed E-state index contributed by atoms with van der Waals surface area (Å²) in [5, 5.41) is 4.42. The molecule has 0 aliphatic carbocycles. The molecule has 0 fully saturated rings. The Morgan fingerprint density at radius 1 is 1.18 bits per heavy atom. The zero-order chi connectivity index (χ0) is 20.5. The molecule has 1 aromatic heterocycles. The lowest BCUT2D eigenvalue weighted by molar-refractivity contribution is 0.0943. The van der Waals surface area contributed by atoms with E-state index in [4.69, 9.17) is 14.2 Å². The van der Waals surface area contributed by atoms with Gasteiger partial charge in [0, 0.05) is 15.8 Å². The highest BCUT2D eigenvalue weighted by atomic mass is 32.2. The van der Waals surface area contributed by atoms with Crippen molar-refractivity contribution in [3.8, 4) is 27.8 Å². The number of hydrogen-bond acceptors (Lipinski definition) is 8. The van der Waals surface area contributed by atoms with Gasteiger partial charge in [-0.1, -0.05) is 0 Å². The first-order valence-electron chi connectivity index (χ1n) is 8.27. The van der Waals surface area contributed by atoms with Gasteiger partial charge in [-0.25, -0.2) is 13.4 Å². The Morgan fingerprint density at radius 3 is 2.32 bits per heavy atom. The summed E-state index contributed by atoms with van der Waals surface area (Å²) >= 11 is 1.35. The van der Waals surface area contributed by atoms with Crippen LogP contribution in [0.2, 0.25) is 0 Å². The van der Waals surface area contributed by atoms with Gasteiger partial charge < -0.3 is 19.5 Å². The normalized spacial score (nSPS) is 17.4. The van der Waals surface area contributed by atoms with E-state index in [-0.39, 0.29) is 11.4 Å². The molecule has 1 amide bonds. The van der Waals surface area contributed by atoms with Gasteiger partial charge in [0.15, 0.2) is 21.3 Å². The lowest BCUT2D eigenvalue weighted by atomic mass is 10.2. The predicted molar refractivity (Wildman–Crippen MR) is 106 cm³/mol. The first-order valence-corrected chi connectivity index (χ1v) is 10.8. The van der Waals surface area contributed by atoms with Gasteiger partial charge >= 0.3 is 0 Å². The van der Waals surface area contributed by atoms with E-state index in [1.807, 2.05) is 0 Å². The number of nitrogens with zero attached hydrogens (tertiary/aromatic N) is 1. The van der Waals surface area contributed by atoms with Gasteiger partial charge in [-0.15, -0.1) is 11.3 Å². The number of thiazole rings is 1. The van der Waals surface area contributed by atoms with Gasteiger partial charge in [0.05, 0.1) is 33.1 Å². The lowest BCUT2D eigenvalue weighted by Crippen LogP contribution is -2.35. The monoisotopic (exact) mass is 424 g/mol. The molecule has 0 saturated heterocycles. The molecule has 2 aromatic rings. The third kappa shape index (κ3) is 3.97. The van der Waals surface area contributed by atoms with Gasteiger partial charge in [0.2, 0.25) is 5.75 Å². The molecule has 1 aliphatic rings. The van der Waals surface area contributed by atoms with E-state index in [2.05, 4.69) is 10.3 Å². The first-order chi connectivity index (χ1) is 13.3. The molecule has 1 aliphatic heterocycles. The van der Waals surface area contributed by atoms with E-state index < -0.39 is 21.8 Å². The molecule has 0 spiro atoms. The van der Waals surface area contributed by atoms with Crippen LogP contribution in [0.5, 0.6) is 17.2 Å². The van der Waals surface area contributed by atoms with Gasteiger partial charge in [-0.05, 0) is 25.1 Å². The highest BCUT2D eigenvalue weighted by molar-refractivity contribution is 7.94. The van der Waals surface area contributed by atoms with Crippen molar-refractivity contribution in [3.05, 3.63) is 34.2 Å². The largest absolute Gasteiger partial charge is 0.493 e. The van der Waals surface area contributed by atoms with Gasteiger partial charge in [-0.3, -0.25) is 4.79 Å². The number of carbonyl (C=O) groups is 1. The average Bonchev–Trinajstić information content (AvgIpc) is 3.22. The van der Waals surface area contributed by atoms with Crippen molar-refractivity contribution < 1.29 is 27.4 Å². The quantitative estimate of drug-likeness (QED) is 0.758. The zero-order valence-corrected chi connectivity index (χ0v) is 17.4. The van der Waals surface area contributed by atoms with Crippen LogP contribution in [0, 0.1) is 6.92 Å². The van der Waals surface area contributed by atoms with Gasteiger partial charge in [0.1, 0.15) is 10.7 Å². The van der Waals surface area contributed by atoms with Crippen LogP contribution in [0.25, 0.3) is 10.6 Å². The van der Waals surface area contributed by atoms with Crippen molar-refractivity contribution in [2.45, 2.75) is 13.0 Å². The zero-order valence-electron chi connectivity index (χ0n) is 15.8. The summed E-state index contributed by atoms with van der Waals surface area (Å²) in [6.45, 7) is 1.79. The molecule has 150 valence electrons. The van der Waals surface area contributed by atoms with Gasteiger partial charge in [-0.2, -0.15) is 0 Å². The van der Waals surface area contributed by atoms with Gasteiger partial charge in [0.25, 0.3) is 5.91 Å². The molecule has 1 atom stereocenters. The molecule has 0 saturated carbocycles. The van der Waals surface area contributed by atoms with E-state index >= 15 is 0 Å².